The van der Waals surface area contributed by atoms with Gasteiger partial charge in [-0.05, 0) is 12.2 Å². The molecule has 1 rings (SSSR count). The van der Waals surface area contributed by atoms with E-state index in [1.807, 2.05) is 0 Å². The van der Waals surface area contributed by atoms with Crippen molar-refractivity contribution in [2.24, 2.45) is 0 Å². The van der Waals surface area contributed by atoms with Crippen LogP contribution >= 0.6 is 23.2 Å². The average molecular weight is 221 g/mol. The molecule has 1 radical (unpaired) electrons. The summed E-state index contributed by atoms with van der Waals surface area (Å²) < 4.78 is -1.68. The molecular weight excluding hydrogens is 217 g/mol. The van der Waals surface area contributed by atoms with E-state index in [0.29, 0.717) is 0 Å². The van der Waals surface area contributed by atoms with Gasteiger partial charge in [-0.1, -0.05) is 29.3 Å². The first-order chi connectivity index (χ1) is 5.99. The van der Waals surface area contributed by atoms with E-state index < -0.39 is 15.3 Å². The second-order valence-electron chi connectivity index (χ2n) is 2.45. The zero-order chi connectivity index (χ0) is 10.1. The summed E-state index contributed by atoms with van der Waals surface area (Å²) in [5.74, 6) is 0. The minimum atomic E-state index is -1.68. The summed E-state index contributed by atoms with van der Waals surface area (Å²) >= 11 is 11.2. The van der Waals surface area contributed by atoms with Gasteiger partial charge in [0.2, 0.25) is 10.6 Å². The lowest BCUT2D eigenvalue weighted by Gasteiger charge is -2.21. The minimum absolute atomic E-state index is 0.155. The molecule has 0 aromatic carbocycles. The van der Waals surface area contributed by atoms with Crippen LogP contribution < -0.4 is 0 Å². The van der Waals surface area contributed by atoms with E-state index in [1.54, 1.807) is 0 Å². The molecule has 0 aromatic rings. The van der Waals surface area contributed by atoms with Crippen LogP contribution in [0.1, 0.15) is 0 Å². The number of nitro groups is 1. The third kappa shape index (κ3) is 1.89. The largest absolute Gasteiger partial charge is 0.285 e. The maximum atomic E-state index is 10.5. The summed E-state index contributed by atoms with van der Waals surface area (Å²) in [6.07, 6.45) is 5.35. The van der Waals surface area contributed by atoms with Gasteiger partial charge in [-0.15, -0.1) is 0 Å². The summed E-state index contributed by atoms with van der Waals surface area (Å²) in [6.45, 7) is 0. The topological polar surface area (TPSA) is 60.2 Å². The van der Waals surface area contributed by atoms with Crippen molar-refractivity contribution in [1.82, 2.24) is 0 Å². The first kappa shape index (κ1) is 10.2. The predicted octanol–water partition coefficient (Wildman–Crippen LogP) is 1.41. The van der Waals surface area contributed by atoms with Crippen molar-refractivity contribution >= 4 is 29.5 Å². The normalized spacial score (nSPS) is 25.1. The van der Waals surface area contributed by atoms with E-state index >= 15 is 0 Å². The van der Waals surface area contributed by atoms with Crippen molar-refractivity contribution in [2.45, 2.75) is 10.4 Å². The molecule has 0 bridgehead atoms. The fourth-order valence-corrected chi connectivity index (χ4v) is 1.55. The predicted molar refractivity (Wildman–Crippen MR) is 48.1 cm³/mol. The smallest absolute Gasteiger partial charge is 0.278 e. The maximum Gasteiger partial charge on any atom is 0.278 e. The molecule has 0 aromatic heterocycles. The number of rotatable bonds is 2. The number of allylic oxidation sites excluding steroid dienone is 2. The van der Waals surface area contributed by atoms with Crippen LogP contribution in [-0.2, 0) is 4.79 Å². The molecule has 0 fully saturated rings. The van der Waals surface area contributed by atoms with Gasteiger partial charge in [0.1, 0.15) is 0 Å². The summed E-state index contributed by atoms with van der Waals surface area (Å²) in [6, 6.07) is -1.45. The Morgan fingerprint density at radius 3 is 2.62 bits per heavy atom. The molecule has 0 N–H and O–H groups in total. The molecule has 1 unspecified atom stereocenters. The van der Waals surface area contributed by atoms with E-state index in [2.05, 4.69) is 0 Å². The average Bonchev–Trinajstić information content (AvgIpc) is 2.01. The zero-order valence-electron chi connectivity index (χ0n) is 6.24. The van der Waals surface area contributed by atoms with Crippen LogP contribution in [0.4, 0.5) is 0 Å². The first-order valence-electron chi connectivity index (χ1n) is 3.28. The summed E-state index contributed by atoms with van der Waals surface area (Å²) in [7, 11) is 0. The Morgan fingerprint density at radius 2 is 2.23 bits per heavy atom. The molecule has 1 aliphatic rings. The summed E-state index contributed by atoms with van der Waals surface area (Å²) in [4.78, 5) is 20.1. The van der Waals surface area contributed by atoms with Gasteiger partial charge >= 0.3 is 0 Å². The van der Waals surface area contributed by atoms with Crippen LogP contribution in [0.2, 0.25) is 0 Å². The highest BCUT2D eigenvalue weighted by molar-refractivity contribution is 6.50. The number of halogens is 2. The van der Waals surface area contributed by atoms with Gasteiger partial charge in [-0.25, -0.2) is 0 Å². The van der Waals surface area contributed by atoms with Gasteiger partial charge in [0, 0.05) is 4.92 Å². The van der Waals surface area contributed by atoms with Crippen molar-refractivity contribution in [3.05, 3.63) is 33.9 Å². The van der Waals surface area contributed by atoms with E-state index in [0.717, 1.165) is 0 Å². The molecule has 0 amide bonds. The molecule has 0 saturated carbocycles. The molecule has 0 saturated heterocycles. The van der Waals surface area contributed by atoms with Crippen LogP contribution in [0.5, 0.6) is 0 Å². The molecule has 0 spiro atoms. The second kappa shape index (κ2) is 3.47. The standard InChI is InChI=1S/C7H4Cl2NO3/c8-7(9)3-1-2-5(4-11)6(7)10(12)13/h1-3,6H. The van der Waals surface area contributed by atoms with E-state index in [1.165, 1.54) is 24.5 Å². The Bertz CT molecular complexity index is 309. The van der Waals surface area contributed by atoms with Crippen LogP contribution in [0.3, 0.4) is 0 Å². The summed E-state index contributed by atoms with van der Waals surface area (Å²) in [5, 5.41) is 10.5. The molecular formula is C7H4Cl2NO3. The van der Waals surface area contributed by atoms with Crippen LogP contribution in [0, 0.1) is 10.1 Å². The number of hydrogen-bond acceptors (Lipinski definition) is 3. The Labute approximate surface area is 84.0 Å². The van der Waals surface area contributed by atoms with Gasteiger partial charge in [0.25, 0.3) is 6.04 Å². The Hall–Kier alpha value is -0.870. The molecule has 13 heavy (non-hydrogen) atoms. The van der Waals surface area contributed by atoms with E-state index in [4.69, 9.17) is 23.2 Å². The van der Waals surface area contributed by atoms with Crippen LogP contribution in [-0.4, -0.2) is 21.6 Å². The Balaban J connectivity index is 3.11. The minimum Gasteiger partial charge on any atom is -0.285 e. The van der Waals surface area contributed by atoms with Gasteiger partial charge in [-0.2, -0.15) is 0 Å². The summed E-state index contributed by atoms with van der Waals surface area (Å²) in [5.41, 5.74) is -0.155. The lowest BCUT2D eigenvalue weighted by atomic mass is 10.00. The third-order valence-electron chi connectivity index (χ3n) is 1.58. The molecule has 4 nitrogen and oxygen atoms in total. The molecule has 0 heterocycles. The molecule has 1 aliphatic carbocycles. The van der Waals surface area contributed by atoms with Crippen molar-refractivity contribution in [3.63, 3.8) is 0 Å². The van der Waals surface area contributed by atoms with Gasteiger partial charge < -0.3 is 0 Å². The van der Waals surface area contributed by atoms with E-state index in [-0.39, 0.29) is 5.57 Å². The molecule has 0 aliphatic heterocycles. The fraction of sp³-hybridized carbons (Fsp3) is 0.286. The maximum absolute atomic E-state index is 10.5. The van der Waals surface area contributed by atoms with Crippen molar-refractivity contribution < 1.29 is 9.72 Å². The number of hydrogen-bond donors (Lipinski definition) is 0. The number of carbonyl (C=O) groups excluding carboxylic acids is 1. The van der Waals surface area contributed by atoms with Crippen molar-refractivity contribution in [3.8, 4) is 0 Å². The Kier molecular flexibility index (Phi) is 2.73. The highest BCUT2D eigenvalue weighted by Crippen LogP contribution is 2.35. The molecule has 69 valence electrons. The van der Waals surface area contributed by atoms with Crippen LogP contribution in [0.25, 0.3) is 0 Å². The lowest BCUT2D eigenvalue weighted by Crippen LogP contribution is -2.40. The highest BCUT2D eigenvalue weighted by Gasteiger charge is 2.46. The van der Waals surface area contributed by atoms with E-state index in [9.17, 15) is 14.9 Å². The third-order valence-corrected chi connectivity index (χ3v) is 2.25. The van der Waals surface area contributed by atoms with Crippen molar-refractivity contribution in [1.29, 1.82) is 0 Å². The molecule has 1 atom stereocenters. The number of alkyl halides is 2. The zero-order valence-corrected chi connectivity index (χ0v) is 7.75. The molecule has 6 heteroatoms. The second-order valence-corrected chi connectivity index (χ2v) is 3.89. The Morgan fingerprint density at radius 1 is 1.62 bits per heavy atom. The van der Waals surface area contributed by atoms with Crippen LogP contribution in [0.15, 0.2) is 23.8 Å². The van der Waals surface area contributed by atoms with Gasteiger partial charge in [-0.3, -0.25) is 14.9 Å². The fourth-order valence-electron chi connectivity index (χ4n) is 1.01. The SMILES string of the molecule is O=[C]C1=CC=CC(Cl)(Cl)C1[N+](=O)[O-]. The van der Waals surface area contributed by atoms with Crippen molar-refractivity contribution in [2.75, 3.05) is 0 Å². The van der Waals surface area contributed by atoms with Gasteiger partial charge in [0.15, 0.2) is 0 Å². The quantitative estimate of drug-likeness (QED) is 0.402. The monoisotopic (exact) mass is 220 g/mol. The van der Waals surface area contributed by atoms with Gasteiger partial charge in [0.05, 0.1) is 5.57 Å². The first-order valence-corrected chi connectivity index (χ1v) is 4.03. The highest BCUT2D eigenvalue weighted by atomic mass is 35.5. The lowest BCUT2D eigenvalue weighted by molar-refractivity contribution is -0.511. The number of nitrogens with zero attached hydrogens (tertiary/aromatic N) is 1.